The first-order chi connectivity index (χ1) is 13.2. The molecule has 0 unspecified atom stereocenters. The predicted octanol–water partition coefficient (Wildman–Crippen LogP) is 2.89. The Bertz CT molecular complexity index is 719. The molecule has 0 bridgehead atoms. The van der Waals surface area contributed by atoms with Crippen LogP contribution in [-0.2, 0) is 17.9 Å². The predicted molar refractivity (Wildman–Crippen MR) is 112 cm³/mol. The Balaban J connectivity index is 1.50. The third-order valence-corrected chi connectivity index (χ3v) is 5.09. The van der Waals surface area contributed by atoms with Crippen molar-refractivity contribution in [2.45, 2.75) is 32.9 Å². The number of hydrogen-bond donors (Lipinski definition) is 2. The van der Waals surface area contributed by atoms with Crippen molar-refractivity contribution >= 4 is 17.3 Å². The quantitative estimate of drug-likeness (QED) is 0.791. The highest BCUT2D eigenvalue weighted by Crippen LogP contribution is 2.21. The molecule has 27 heavy (non-hydrogen) atoms. The Labute approximate surface area is 162 Å². The van der Waals surface area contributed by atoms with E-state index in [1.54, 1.807) is 0 Å². The summed E-state index contributed by atoms with van der Waals surface area (Å²) in [4.78, 5) is 16.4. The number of nitrogens with one attached hydrogen (secondary N) is 1. The largest absolute Gasteiger partial charge is 0.368 e. The monoisotopic (exact) mass is 366 g/mol. The number of carbonyl (C=O) groups is 1. The standard InChI is InChI=1S/C22H30N4O/c1-2-3-22(27)24-17-19-6-10-21(11-7-19)26-14-12-25(13-15-26)20-8-4-18(16-23)5-9-20/h4-11H,2-3,12-17,23H2,1H3,(H,24,27). The molecule has 1 heterocycles. The third-order valence-electron chi connectivity index (χ3n) is 5.09. The molecular formula is C22H30N4O. The maximum atomic E-state index is 11.6. The molecular weight excluding hydrogens is 336 g/mol. The summed E-state index contributed by atoms with van der Waals surface area (Å²) in [5.74, 6) is 0.122. The zero-order valence-electron chi connectivity index (χ0n) is 16.2. The van der Waals surface area contributed by atoms with Gasteiger partial charge in [0.25, 0.3) is 0 Å². The minimum Gasteiger partial charge on any atom is -0.368 e. The second-order valence-electron chi connectivity index (χ2n) is 7.04. The molecule has 0 spiro atoms. The van der Waals surface area contributed by atoms with Crippen molar-refractivity contribution in [3.05, 3.63) is 59.7 Å². The molecule has 1 saturated heterocycles. The van der Waals surface area contributed by atoms with Gasteiger partial charge in [0.05, 0.1) is 0 Å². The molecule has 5 nitrogen and oxygen atoms in total. The van der Waals surface area contributed by atoms with Gasteiger partial charge in [0.1, 0.15) is 0 Å². The number of nitrogens with zero attached hydrogens (tertiary/aromatic N) is 2. The van der Waals surface area contributed by atoms with E-state index in [2.05, 4.69) is 63.6 Å². The molecule has 2 aromatic rings. The van der Waals surface area contributed by atoms with Gasteiger partial charge >= 0.3 is 0 Å². The summed E-state index contributed by atoms with van der Waals surface area (Å²) >= 11 is 0. The molecule has 3 N–H and O–H groups in total. The summed E-state index contributed by atoms with van der Waals surface area (Å²) in [6.45, 7) is 7.24. The fourth-order valence-corrected chi connectivity index (χ4v) is 3.41. The smallest absolute Gasteiger partial charge is 0.220 e. The van der Waals surface area contributed by atoms with Crippen molar-refractivity contribution in [3.8, 4) is 0 Å². The number of rotatable bonds is 7. The Morgan fingerprint density at radius 2 is 1.37 bits per heavy atom. The lowest BCUT2D eigenvalue weighted by molar-refractivity contribution is -0.121. The van der Waals surface area contributed by atoms with Gasteiger partial charge in [-0.2, -0.15) is 0 Å². The van der Waals surface area contributed by atoms with Gasteiger partial charge in [-0.3, -0.25) is 4.79 Å². The van der Waals surface area contributed by atoms with Gasteiger partial charge in [-0.1, -0.05) is 31.2 Å². The zero-order chi connectivity index (χ0) is 19.1. The number of anilines is 2. The van der Waals surface area contributed by atoms with Crippen LogP contribution in [-0.4, -0.2) is 32.1 Å². The van der Waals surface area contributed by atoms with E-state index in [1.165, 1.54) is 16.9 Å². The van der Waals surface area contributed by atoms with Crippen molar-refractivity contribution in [2.24, 2.45) is 5.73 Å². The molecule has 1 fully saturated rings. The first-order valence-electron chi connectivity index (χ1n) is 9.84. The van der Waals surface area contributed by atoms with E-state index in [4.69, 9.17) is 5.73 Å². The van der Waals surface area contributed by atoms with Crippen molar-refractivity contribution in [3.63, 3.8) is 0 Å². The highest BCUT2D eigenvalue weighted by atomic mass is 16.1. The Morgan fingerprint density at radius 1 is 0.889 bits per heavy atom. The van der Waals surface area contributed by atoms with Crippen LogP contribution in [0.3, 0.4) is 0 Å². The Hall–Kier alpha value is -2.53. The van der Waals surface area contributed by atoms with E-state index >= 15 is 0 Å². The van der Waals surface area contributed by atoms with Crippen LogP contribution in [0.1, 0.15) is 30.9 Å². The molecule has 0 saturated carbocycles. The summed E-state index contributed by atoms with van der Waals surface area (Å²) in [7, 11) is 0. The van der Waals surface area contributed by atoms with Gasteiger partial charge in [0.2, 0.25) is 5.91 Å². The highest BCUT2D eigenvalue weighted by Gasteiger charge is 2.17. The maximum Gasteiger partial charge on any atom is 0.220 e. The number of hydrogen-bond acceptors (Lipinski definition) is 4. The molecule has 1 aliphatic rings. The van der Waals surface area contributed by atoms with Gasteiger partial charge < -0.3 is 20.9 Å². The summed E-state index contributed by atoms with van der Waals surface area (Å²) in [6.07, 6.45) is 1.48. The molecule has 3 rings (SSSR count). The van der Waals surface area contributed by atoms with Gasteiger partial charge in [0.15, 0.2) is 0 Å². The van der Waals surface area contributed by atoms with Crippen LogP contribution in [0.15, 0.2) is 48.5 Å². The van der Waals surface area contributed by atoms with Gasteiger partial charge in [0, 0.05) is 57.1 Å². The molecule has 1 amide bonds. The molecule has 0 aromatic heterocycles. The number of benzene rings is 2. The minimum absolute atomic E-state index is 0.122. The van der Waals surface area contributed by atoms with Crippen molar-refractivity contribution in [1.82, 2.24) is 5.32 Å². The van der Waals surface area contributed by atoms with E-state index in [-0.39, 0.29) is 5.91 Å². The summed E-state index contributed by atoms with van der Waals surface area (Å²) in [6, 6.07) is 17.1. The van der Waals surface area contributed by atoms with Crippen LogP contribution < -0.4 is 20.9 Å². The van der Waals surface area contributed by atoms with Gasteiger partial charge in [-0.15, -0.1) is 0 Å². The fourth-order valence-electron chi connectivity index (χ4n) is 3.41. The topological polar surface area (TPSA) is 61.6 Å². The summed E-state index contributed by atoms with van der Waals surface area (Å²) in [5.41, 5.74) is 10.5. The zero-order valence-corrected chi connectivity index (χ0v) is 16.2. The second kappa shape index (κ2) is 9.42. The molecule has 0 atom stereocenters. The van der Waals surface area contributed by atoms with Gasteiger partial charge in [-0.25, -0.2) is 0 Å². The van der Waals surface area contributed by atoms with Crippen LogP contribution in [0.4, 0.5) is 11.4 Å². The first-order valence-corrected chi connectivity index (χ1v) is 9.84. The van der Waals surface area contributed by atoms with Crippen molar-refractivity contribution < 1.29 is 4.79 Å². The highest BCUT2D eigenvalue weighted by molar-refractivity contribution is 5.75. The molecule has 2 aromatic carbocycles. The van der Waals surface area contributed by atoms with E-state index in [1.807, 2.05) is 6.92 Å². The van der Waals surface area contributed by atoms with Crippen LogP contribution in [0, 0.1) is 0 Å². The summed E-state index contributed by atoms with van der Waals surface area (Å²) in [5, 5.41) is 2.96. The average Bonchev–Trinajstić information content (AvgIpc) is 2.73. The van der Waals surface area contributed by atoms with Crippen molar-refractivity contribution in [2.75, 3.05) is 36.0 Å². The van der Waals surface area contributed by atoms with E-state index in [0.29, 0.717) is 19.5 Å². The lowest BCUT2D eigenvalue weighted by Gasteiger charge is -2.37. The third kappa shape index (κ3) is 5.23. The van der Waals surface area contributed by atoms with Crippen molar-refractivity contribution in [1.29, 1.82) is 0 Å². The van der Waals surface area contributed by atoms with E-state index in [0.717, 1.165) is 38.2 Å². The van der Waals surface area contributed by atoms with Crippen LogP contribution in [0.5, 0.6) is 0 Å². The Kier molecular flexibility index (Phi) is 6.71. The average molecular weight is 367 g/mol. The van der Waals surface area contributed by atoms with Crippen LogP contribution in [0.2, 0.25) is 0 Å². The van der Waals surface area contributed by atoms with Crippen LogP contribution in [0.25, 0.3) is 0 Å². The molecule has 0 aliphatic carbocycles. The fraction of sp³-hybridized carbons (Fsp3) is 0.409. The molecule has 144 valence electrons. The lowest BCUT2D eigenvalue weighted by Crippen LogP contribution is -2.46. The second-order valence-corrected chi connectivity index (χ2v) is 7.04. The minimum atomic E-state index is 0.122. The SMILES string of the molecule is CCCC(=O)NCc1ccc(N2CCN(c3ccc(CN)cc3)CC2)cc1. The van der Waals surface area contributed by atoms with E-state index in [9.17, 15) is 4.79 Å². The number of nitrogens with two attached hydrogens (primary N) is 1. The molecule has 1 aliphatic heterocycles. The molecule has 5 heteroatoms. The maximum absolute atomic E-state index is 11.6. The lowest BCUT2D eigenvalue weighted by atomic mass is 10.1. The number of piperazine rings is 1. The van der Waals surface area contributed by atoms with Gasteiger partial charge in [-0.05, 0) is 41.8 Å². The molecule has 0 radical (unpaired) electrons. The summed E-state index contributed by atoms with van der Waals surface area (Å²) < 4.78 is 0. The number of amides is 1. The number of carbonyl (C=O) groups excluding carboxylic acids is 1. The first kappa shape index (κ1) is 19.2. The van der Waals surface area contributed by atoms with Crippen LogP contribution >= 0.6 is 0 Å². The Morgan fingerprint density at radius 3 is 1.81 bits per heavy atom. The normalized spacial score (nSPS) is 14.3. The van der Waals surface area contributed by atoms with E-state index < -0.39 is 0 Å².